The van der Waals surface area contributed by atoms with E-state index in [0.29, 0.717) is 16.0 Å². The first-order valence-electron chi connectivity index (χ1n) is 8.84. The molecule has 0 radical (unpaired) electrons. The highest BCUT2D eigenvalue weighted by molar-refractivity contribution is 14.0. The predicted molar refractivity (Wildman–Crippen MR) is 122 cm³/mol. The molecule has 27 heavy (non-hydrogen) atoms. The van der Waals surface area contributed by atoms with E-state index in [1.807, 2.05) is 19.1 Å². The minimum Gasteiger partial charge on any atom is -0.356 e. The molecule has 2 aromatic rings. The number of rotatable bonds is 5. The van der Waals surface area contributed by atoms with Crippen molar-refractivity contribution >= 4 is 53.1 Å². The third-order valence-corrected chi connectivity index (χ3v) is 5.30. The molecular formula is C18H25Cl2IN6. The number of aromatic nitrogens is 3. The zero-order valence-electron chi connectivity index (χ0n) is 15.5. The summed E-state index contributed by atoms with van der Waals surface area (Å²) >= 11 is 12.1. The molecule has 1 unspecified atom stereocenters. The van der Waals surface area contributed by atoms with Gasteiger partial charge in [0, 0.05) is 43.1 Å². The van der Waals surface area contributed by atoms with Crippen LogP contribution in [0.2, 0.25) is 10.0 Å². The zero-order valence-corrected chi connectivity index (χ0v) is 19.3. The van der Waals surface area contributed by atoms with Crippen molar-refractivity contribution in [2.75, 3.05) is 20.1 Å². The number of benzene rings is 1. The Morgan fingerprint density at radius 2 is 2.11 bits per heavy atom. The van der Waals surface area contributed by atoms with Crippen LogP contribution in [0.25, 0.3) is 0 Å². The van der Waals surface area contributed by atoms with Crippen LogP contribution in [0.1, 0.15) is 23.6 Å². The van der Waals surface area contributed by atoms with Crippen molar-refractivity contribution in [3.8, 4) is 0 Å². The van der Waals surface area contributed by atoms with Crippen molar-refractivity contribution in [3.63, 3.8) is 0 Å². The van der Waals surface area contributed by atoms with Crippen LogP contribution in [0, 0.1) is 12.8 Å². The smallest absolute Gasteiger partial charge is 0.190 e. The second-order valence-electron chi connectivity index (χ2n) is 6.54. The Hall–Kier alpha value is -1.06. The second kappa shape index (κ2) is 10.5. The van der Waals surface area contributed by atoms with E-state index < -0.39 is 0 Å². The Morgan fingerprint density at radius 3 is 2.85 bits per heavy atom. The Bertz CT molecular complexity index is 792. The van der Waals surface area contributed by atoms with E-state index in [-0.39, 0.29) is 24.0 Å². The summed E-state index contributed by atoms with van der Waals surface area (Å²) in [6.07, 6.45) is 2.90. The van der Waals surface area contributed by atoms with Gasteiger partial charge in [-0.05, 0) is 43.4 Å². The molecule has 0 aliphatic carbocycles. The molecule has 1 aliphatic rings. The minimum atomic E-state index is 0. The van der Waals surface area contributed by atoms with E-state index in [0.717, 1.165) is 62.1 Å². The van der Waals surface area contributed by atoms with Crippen LogP contribution >= 0.6 is 47.2 Å². The maximum Gasteiger partial charge on any atom is 0.190 e. The van der Waals surface area contributed by atoms with Crippen molar-refractivity contribution in [1.82, 2.24) is 25.4 Å². The van der Waals surface area contributed by atoms with Crippen LogP contribution in [-0.2, 0) is 19.4 Å². The van der Waals surface area contributed by atoms with Crippen molar-refractivity contribution in [2.45, 2.75) is 32.7 Å². The standard InChI is InChI=1S/C18H24Cl2N6.HI/c1-12-24-25-17-6-3-13(11-26(12)17)10-23-18(21-2)22-8-7-14-4-5-15(19)9-16(14)20;/h4-5,9,13H,3,6-8,10-11H2,1-2H3,(H2,21,22,23);1H. The molecule has 6 nitrogen and oxygen atoms in total. The number of aliphatic imine (C=N–C) groups is 1. The van der Waals surface area contributed by atoms with Gasteiger partial charge in [0.15, 0.2) is 5.96 Å². The molecule has 148 valence electrons. The Morgan fingerprint density at radius 1 is 1.30 bits per heavy atom. The molecule has 0 saturated heterocycles. The average molecular weight is 523 g/mol. The lowest BCUT2D eigenvalue weighted by Crippen LogP contribution is -2.42. The summed E-state index contributed by atoms with van der Waals surface area (Å²) in [4.78, 5) is 4.30. The fourth-order valence-electron chi connectivity index (χ4n) is 3.20. The predicted octanol–water partition coefficient (Wildman–Crippen LogP) is 3.48. The van der Waals surface area contributed by atoms with E-state index in [1.54, 1.807) is 13.1 Å². The molecule has 1 atom stereocenters. The molecule has 1 aromatic heterocycles. The van der Waals surface area contributed by atoms with E-state index in [2.05, 4.69) is 30.4 Å². The van der Waals surface area contributed by atoms with E-state index in [4.69, 9.17) is 23.2 Å². The Balaban J connectivity index is 0.00000261. The molecule has 2 heterocycles. The van der Waals surface area contributed by atoms with Crippen LogP contribution < -0.4 is 10.6 Å². The third-order valence-electron chi connectivity index (χ3n) is 4.71. The lowest BCUT2D eigenvalue weighted by molar-refractivity contribution is 0.358. The van der Waals surface area contributed by atoms with Crippen molar-refractivity contribution in [3.05, 3.63) is 45.5 Å². The first-order valence-corrected chi connectivity index (χ1v) is 9.59. The molecule has 1 aromatic carbocycles. The van der Waals surface area contributed by atoms with Gasteiger partial charge in [-0.2, -0.15) is 0 Å². The van der Waals surface area contributed by atoms with Gasteiger partial charge in [0.25, 0.3) is 0 Å². The Labute approximate surface area is 187 Å². The highest BCUT2D eigenvalue weighted by Crippen LogP contribution is 2.21. The van der Waals surface area contributed by atoms with E-state index >= 15 is 0 Å². The highest BCUT2D eigenvalue weighted by Gasteiger charge is 2.21. The summed E-state index contributed by atoms with van der Waals surface area (Å²) in [5.74, 6) is 3.44. The monoisotopic (exact) mass is 522 g/mol. The van der Waals surface area contributed by atoms with Gasteiger partial charge in [-0.25, -0.2) is 0 Å². The molecule has 3 rings (SSSR count). The lowest BCUT2D eigenvalue weighted by atomic mass is 9.99. The molecule has 2 N–H and O–H groups in total. The van der Waals surface area contributed by atoms with Crippen molar-refractivity contribution in [2.24, 2.45) is 10.9 Å². The third kappa shape index (κ3) is 5.96. The van der Waals surface area contributed by atoms with Gasteiger partial charge in [-0.1, -0.05) is 29.3 Å². The number of nitrogens with zero attached hydrogens (tertiary/aromatic N) is 4. The summed E-state index contributed by atoms with van der Waals surface area (Å²) in [7, 11) is 1.79. The SMILES string of the molecule is CN=C(NCCc1ccc(Cl)cc1Cl)NCC1CCc2nnc(C)n2C1.I. The molecule has 0 spiro atoms. The largest absolute Gasteiger partial charge is 0.356 e. The topological polar surface area (TPSA) is 67.1 Å². The number of hydrogen-bond acceptors (Lipinski definition) is 3. The molecule has 0 saturated carbocycles. The maximum absolute atomic E-state index is 6.22. The van der Waals surface area contributed by atoms with E-state index in [9.17, 15) is 0 Å². The molecular weight excluding hydrogens is 498 g/mol. The van der Waals surface area contributed by atoms with Gasteiger partial charge < -0.3 is 15.2 Å². The number of nitrogens with one attached hydrogen (secondary N) is 2. The van der Waals surface area contributed by atoms with Gasteiger partial charge in [0.05, 0.1) is 0 Å². The minimum absolute atomic E-state index is 0. The van der Waals surface area contributed by atoms with Crippen LogP contribution in [-0.4, -0.2) is 40.9 Å². The fourth-order valence-corrected chi connectivity index (χ4v) is 3.70. The fraction of sp³-hybridized carbons (Fsp3) is 0.500. The number of hydrogen-bond donors (Lipinski definition) is 2. The number of halogens is 3. The molecule has 9 heteroatoms. The number of fused-ring (bicyclic) bond motifs is 1. The van der Waals surface area contributed by atoms with Gasteiger partial charge in [-0.15, -0.1) is 34.2 Å². The van der Waals surface area contributed by atoms with Gasteiger partial charge >= 0.3 is 0 Å². The average Bonchev–Trinajstić information content (AvgIpc) is 3.00. The van der Waals surface area contributed by atoms with Crippen LogP contribution in [0.3, 0.4) is 0 Å². The van der Waals surface area contributed by atoms with E-state index in [1.165, 1.54) is 0 Å². The zero-order chi connectivity index (χ0) is 18.5. The van der Waals surface area contributed by atoms with Crippen LogP contribution in [0.5, 0.6) is 0 Å². The number of aryl methyl sites for hydroxylation is 2. The summed E-state index contributed by atoms with van der Waals surface area (Å²) in [6.45, 7) is 4.59. The normalized spacial score (nSPS) is 16.4. The first kappa shape index (κ1) is 22.2. The summed E-state index contributed by atoms with van der Waals surface area (Å²) < 4.78 is 2.22. The molecule has 0 amide bonds. The maximum atomic E-state index is 6.22. The molecule has 0 bridgehead atoms. The quantitative estimate of drug-likeness (QED) is 0.358. The van der Waals surface area contributed by atoms with Crippen molar-refractivity contribution < 1.29 is 0 Å². The highest BCUT2D eigenvalue weighted by atomic mass is 127. The molecule has 1 aliphatic heterocycles. The van der Waals surface area contributed by atoms with Crippen molar-refractivity contribution in [1.29, 1.82) is 0 Å². The van der Waals surface area contributed by atoms with Gasteiger partial charge in [0.1, 0.15) is 11.6 Å². The molecule has 0 fully saturated rings. The summed E-state index contributed by atoms with van der Waals surface area (Å²) in [5, 5.41) is 16.5. The van der Waals surface area contributed by atoms with Gasteiger partial charge in [-0.3, -0.25) is 4.99 Å². The number of guanidine groups is 1. The summed E-state index contributed by atoms with van der Waals surface area (Å²) in [5.41, 5.74) is 1.07. The van der Waals surface area contributed by atoms with Gasteiger partial charge in [0.2, 0.25) is 0 Å². The first-order chi connectivity index (χ1) is 12.6. The second-order valence-corrected chi connectivity index (χ2v) is 7.39. The Kier molecular flexibility index (Phi) is 8.62. The van der Waals surface area contributed by atoms with Crippen LogP contribution in [0.15, 0.2) is 23.2 Å². The summed E-state index contributed by atoms with van der Waals surface area (Å²) in [6, 6.07) is 5.60. The lowest BCUT2D eigenvalue weighted by Gasteiger charge is -2.25. The van der Waals surface area contributed by atoms with Crippen LogP contribution in [0.4, 0.5) is 0 Å².